The molecule has 3 nitrogen and oxygen atoms in total. The van der Waals surface area contributed by atoms with Crippen molar-refractivity contribution < 1.29 is 4.48 Å². The van der Waals surface area contributed by atoms with Gasteiger partial charge in [0.1, 0.15) is 0 Å². The van der Waals surface area contributed by atoms with Crippen molar-refractivity contribution in [2.45, 2.75) is 54.4 Å². The highest BCUT2D eigenvalue weighted by atomic mass is 19.2. The number of nitrogens with zero attached hydrogens (tertiary/aromatic N) is 2. The molecule has 1 N–H and O–H groups in total. The van der Waals surface area contributed by atoms with E-state index in [0.29, 0.717) is 23.2 Å². The van der Waals surface area contributed by atoms with Crippen LogP contribution in [0.3, 0.4) is 0 Å². The third-order valence-corrected chi connectivity index (χ3v) is 4.62. The maximum Gasteiger partial charge on any atom is 0.0920 e. The Morgan fingerprint density at radius 1 is 1.30 bits per heavy atom. The molecule has 0 atom stereocenters. The Balaban J connectivity index is 3.02. The molecule has 0 radical (unpaired) electrons. The van der Waals surface area contributed by atoms with Gasteiger partial charge in [-0.1, -0.05) is 56.2 Å². The second kappa shape index (κ2) is 11.4. The standard InChI is InChI=1S/C23H34FN3/c1-8-18(5)16-20(27(7)24)12-10-11-13-22-21(9-2)23(26-25-22)15-14-19(6)17(3)4/h9,11-17,26H,8,10H2,1-7H3/b13-11+,18-16+,19-14+,20-12+,21-9-,23-15+. The zero-order valence-electron chi connectivity index (χ0n) is 17.8. The number of hydrogen-bond donors (Lipinski definition) is 1. The summed E-state index contributed by atoms with van der Waals surface area (Å²) in [5.74, 6) is 0.526. The Hall–Kier alpha value is -2.36. The predicted molar refractivity (Wildman–Crippen MR) is 116 cm³/mol. The molecule has 0 spiro atoms. The zero-order chi connectivity index (χ0) is 20.4. The molecule has 0 fully saturated rings. The molecule has 0 saturated heterocycles. The first kappa shape index (κ1) is 22.7. The first-order valence-electron chi connectivity index (χ1n) is 9.62. The number of aromatic nitrogens is 2. The van der Waals surface area contributed by atoms with E-state index < -0.39 is 0 Å². The summed E-state index contributed by atoms with van der Waals surface area (Å²) >= 11 is 0. The average Bonchev–Trinajstić information content (AvgIpc) is 3.03. The van der Waals surface area contributed by atoms with Crippen molar-refractivity contribution in [2.75, 3.05) is 7.05 Å². The van der Waals surface area contributed by atoms with E-state index in [1.54, 1.807) is 0 Å². The van der Waals surface area contributed by atoms with Gasteiger partial charge in [0.25, 0.3) is 0 Å². The molecule has 0 aliphatic heterocycles. The van der Waals surface area contributed by atoms with Crippen molar-refractivity contribution in [2.24, 2.45) is 5.92 Å². The van der Waals surface area contributed by atoms with E-state index in [0.717, 1.165) is 28.3 Å². The SMILES string of the molecule is C/C=c1/c(/C=C/C/C=C(\C=C(/C)CC)N(C)F)n[nH]/c1=C/C=C(\C)C(C)C. The van der Waals surface area contributed by atoms with Crippen LogP contribution in [0.15, 0.2) is 41.1 Å². The minimum atomic E-state index is 0.526. The average molecular weight is 372 g/mol. The number of hydrogen-bond acceptors (Lipinski definition) is 2. The van der Waals surface area contributed by atoms with Gasteiger partial charge in [-0.05, 0) is 57.8 Å². The zero-order valence-corrected chi connectivity index (χ0v) is 17.8. The number of aromatic amines is 1. The van der Waals surface area contributed by atoms with Crippen LogP contribution in [-0.2, 0) is 0 Å². The molecular weight excluding hydrogens is 337 g/mol. The maximum absolute atomic E-state index is 13.6. The van der Waals surface area contributed by atoms with E-state index in [-0.39, 0.29) is 0 Å². The van der Waals surface area contributed by atoms with Crippen molar-refractivity contribution >= 4 is 18.2 Å². The highest BCUT2D eigenvalue weighted by molar-refractivity contribution is 5.50. The number of likely N-dealkylation sites (N-methyl/N-ethyl adjacent to an activating group) is 1. The molecule has 27 heavy (non-hydrogen) atoms. The summed E-state index contributed by atoms with van der Waals surface area (Å²) in [5, 5.41) is 10.2. The number of halogens is 1. The molecule has 0 amide bonds. The van der Waals surface area contributed by atoms with Gasteiger partial charge in [0.2, 0.25) is 0 Å². The van der Waals surface area contributed by atoms with E-state index in [1.165, 1.54) is 12.6 Å². The fourth-order valence-electron chi connectivity index (χ4n) is 2.34. The van der Waals surface area contributed by atoms with Gasteiger partial charge in [0.15, 0.2) is 0 Å². The number of rotatable bonds is 8. The van der Waals surface area contributed by atoms with Crippen LogP contribution in [0.1, 0.15) is 60.1 Å². The maximum atomic E-state index is 13.6. The smallest absolute Gasteiger partial charge is 0.0920 e. The summed E-state index contributed by atoms with van der Waals surface area (Å²) in [6.07, 6.45) is 15.5. The lowest BCUT2D eigenvalue weighted by Crippen LogP contribution is -2.23. The van der Waals surface area contributed by atoms with Crippen LogP contribution in [0.25, 0.3) is 18.2 Å². The van der Waals surface area contributed by atoms with E-state index in [2.05, 4.69) is 56.1 Å². The van der Waals surface area contributed by atoms with Crippen molar-refractivity contribution in [1.82, 2.24) is 15.3 Å². The van der Waals surface area contributed by atoms with E-state index in [4.69, 9.17) is 0 Å². The molecule has 1 rings (SSSR count). The first-order valence-corrected chi connectivity index (χ1v) is 9.62. The fourth-order valence-corrected chi connectivity index (χ4v) is 2.34. The van der Waals surface area contributed by atoms with Gasteiger partial charge < -0.3 is 0 Å². The van der Waals surface area contributed by atoms with Crippen LogP contribution in [0.4, 0.5) is 4.48 Å². The summed E-state index contributed by atoms with van der Waals surface area (Å²) in [6, 6.07) is 0. The molecule has 1 heterocycles. The van der Waals surface area contributed by atoms with E-state index >= 15 is 0 Å². The Bertz CT molecular complexity index is 833. The molecule has 1 aromatic rings. The first-order chi connectivity index (χ1) is 12.8. The summed E-state index contributed by atoms with van der Waals surface area (Å²) in [5.41, 5.74) is 3.94. The lowest BCUT2D eigenvalue weighted by molar-refractivity contribution is 0.113. The minimum Gasteiger partial charge on any atom is -0.277 e. The summed E-state index contributed by atoms with van der Waals surface area (Å²) < 4.78 is 13.6. The normalized spacial score (nSPS) is 15.5. The van der Waals surface area contributed by atoms with Gasteiger partial charge in [-0.15, -0.1) is 4.48 Å². The summed E-state index contributed by atoms with van der Waals surface area (Å²) in [4.78, 5) is 0. The lowest BCUT2D eigenvalue weighted by Gasteiger charge is -2.09. The second-order valence-corrected chi connectivity index (χ2v) is 7.05. The van der Waals surface area contributed by atoms with Crippen molar-refractivity contribution in [3.8, 4) is 0 Å². The third-order valence-electron chi connectivity index (χ3n) is 4.62. The van der Waals surface area contributed by atoms with Crippen LogP contribution in [-0.4, -0.2) is 22.4 Å². The van der Waals surface area contributed by atoms with Crippen LogP contribution in [0.2, 0.25) is 0 Å². The molecule has 0 aromatic carbocycles. The Morgan fingerprint density at radius 2 is 2.00 bits per heavy atom. The topological polar surface area (TPSA) is 31.9 Å². The van der Waals surface area contributed by atoms with Gasteiger partial charge in [-0.2, -0.15) is 5.10 Å². The molecule has 0 aliphatic carbocycles. The number of nitrogens with one attached hydrogen (secondary N) is 1. The van der Waals surface area contributed by atoms with Gasteiger partial charge in [-0.3, -0.25) is 5.10 Å². The van der Waals surface area contributed by atoms with Crippen LogP contribution in [0, 0.1) is 5.92 Å². The van der Waals surface area contributed by atoms with Gasteiger partial charge in [-0.25, -0.2) is 5.12 Å². The van der Waals surface area contributed by atoms with Crippen molar-refractivity contribution in [3.63, 3.8) is 0 Å². The monoisotopic (exact) mass is 371 g/mol. The number of allylic oxidation sites excluding steroid dienone is 6. The Kier molecular flexibility index (Phi) is 9.55. The third kappa shape index (κ3) is 7.41. The molecule has 0 saturated carbocycles. The van der Waals surface area contributed by atoms with Gasteiger partial charge in [0, 0.05) is 12.3 Å². The fraction of sp³-hybridized carbons (Fsp3) is 0.435. The molecule has 0 unspecified atom stereocenters. The highest BCUT2D eigenvalue weighted by Gasteiger charge is 2.00. The van der Waals surface area contributed by atoms with Crippen LogP contribution in [0.5, 0.6) is 0 Å². The lowest BCUT2D eigenvalue weighted by atomic mass is 10.1. The minimum absolute atomic E-state index is 0.526. The molecule has 4 heteroatoms. The van der Waals surface area contributed by atoms with Crippen LogP contribution >= 0.6 is 0 Å². The molecular formula is C23H34FN3. The summed E-state index contributed by atoms with van der Waals surface area (Å²) in [7, 11) is 1.42. The Labute approximate surface area is 163 Å². The predicted octanol–water partition coefficient (Wildman–Crippen LogP) is 5.05. The van der Waals surface area contributed by atoms with Crippen molar-refractivity contribution in [1.29, 1.82) is 0 Å². The molecule has 0 bridgehead atoms. The quantitative estimate of drug-likeness (QED) is 0.512. The summed E-state index contributed by atoms with van der Waals surface area (Å²) in [6.45, 7) is 12.6. The molecule has 0 aliphatic rings. The molecule has 148 valence electrons. The van der Waals surface area contributed by atoms with Crippen molar-refractivity contribution in [3.05, 3.63) is 57.4 Å². The largest absolute Gasteiger partial charge is 0.277 e. The van der Waals surface area contributed by atoms with E-state index in [9.17, 15) is 4.48 Å². The van der Waals surface area contributed by atoms with E-state index in [1.807, 2.05) is 38.2 Å². The number of H-pyrrole nitrogens is 1. The highest BCUT2D eigenvalue weighted by Crippen LogP contribution is 2.11. The molecule has 1 aromatic heterocycles. The van der Waals surface area contributed by atoms with Crippen LogP contribution < -0.4 is 10.6 Å². The Morgan fingerprint density at radius 3 is 2.56 bits per heavy atom. The second-order valence-electron chi connectivity index (χ2n) is 7.05. The van der Waals surface area contributed by atoms with Gasteiger partial charge in [0.05, 0.1) is 16.7 Å². The van der Waals surface area contributed by atoms with Gasteiger partial charge >= 0.3 is 0 Å².